The van der Waals surface area contributed by atoms with Gasteiger partial charge in [-0.25, -0.2) is 13.2 Å². The first-order chi connectivity index (χ1) is 8.99. The van der Waals surface area contributed by atoms with Crippen LogP contribution in [-0.4, -0.2) is 0 Å². The molecule has 0 heterocycles. The molecule has 0 saturated heterocycles. The molecule has 0 radical (unpaired) electrons. The van der Waals surface area contributed by atoms with Crippen LogP contribution in [0, 0.1) is 17.5 Å². The second-order valence-electron chi connectivity index (χ2n) is 4.19. The van der Waals surface area contributed by atoms with Crippen molar-refractivity contribution in [2.45, 2.75) is 12.5 Å². The number of hydrogen-bond acceptors (Lipinski definition) is 1. The maximum absolute atomic E-state index is 13.5. The highest BCUT2D eigenvalue weighted by molar-refractivity contribution is 6.31. The summed E-state index contributed by atoms with van der Waals surface area (Å²) < 4.78 is 39.9. The lowest BCUT2D eigenvalue weighted by Gasteiger charge is -2.14. The minimum Gasteiger partial charge on any atom is -0.324 e. The van der Waals surface area contributed by atoms with Crippen molar-refractivity contribution in [2.24, 2.45) is 5.73 Å². The molecule has 0 aliphatic carbocycles. The Morgan fingerprint density at radius 1 is 1.05 bits per heavy atom. The third-order valence-corrected chi connectivity index (χ3v) is 3.25. The van der Waals surface area contributed by atoms with Gasteiger partial charge < -0.3 is 5.73 Å². The van der Waals surface area contributed by atoms with Crippen LogP contribution in [0.5, 0.6) is 0 Å². The highest BCUT2D eigenvalue weighted by Crippen LogP contribution is 2.26. The monoisotopic (exact) mass is 285 g/mol. The second kappa shape index (κ2) is 5.63. The summed E-state index contributed by atoms with van der Waals surface area (Å²) in [4.78, 5) is 0. The second-order valence-corrected chi connectivity index (χ2v) is 4.57. The molecule has 2 N–H and O–H groups in total. The first-order valence-electron chi connectivity index (χ1n) is 5.62. The van der Waals surface area contributed by atoms with E-state index in [1.807, 2.05) is 0 Å². The Balaban J connectivity index is 2.28. The molecular weight excluding hydrogens is 275 g/mol. The van der Waals surface area contributed by atoms with E-state index in [2.05, 4.69) is 0 Å². The summed E-state index contributed by atoms with van der Waals surface area (Å²) in [7, 11) is 0. The maximum Gasteiger partial charge on any atom is 0.142 e. The van der Waals surface area contributed by atoms with E-state index in [1.54, 1.807) is 6.07 Å². The van der Waals surface area contributed by atoms with Gasteiger partial charge in [-0.1, -0.05) is 23.7 Å². The van der Waals surface area contributed by atoms with Crippen molar-refractivity contribution in [3.63, 3.8) is 0 Å². The minimum absolute atomic E-state index is 0.0420. The van der Waals surface area contributed by atoms with Gasteiger partial charge in [0.05, 0.1) is 5.02 Å². The van der Waals surface area contributed by atoms with Crippen LogP contribution in [0.2, 0.25) is 5.02 Å². The van der Waals surface area contributed by atoms with Crippen LogP contribution in [-0.2, 0) is 6.42 Å². The molecule has 0 spiro atoms. The van der Waals surface area contributed by atoms with E-state index in [-0.39, 0.29) is 17.0 Å². The molecule has 19 heavy (non-hydrogen) atoms. The van der Waals surface area contributed by atoms with Crippen LogP contribution in [0.4, 0.5) is 13.2 Å². The predicted molar refractivity (Wildman–Crippen MR) is 68.4 cm³/mol. The van der Waals surface area contributed by atoms with Crippen molar-refractivity contribution in [3.8, 4) is 0 Å². The number of nitrogens with two attached hydrogens (primary N) is 1. The molecule has 0 fully saturated rings. The minimum atomic E-state index is -0.796. The van der Waals surface area contributed by atoms with Crippen LogP contribution in [0.1, 0.15) is 17.2 Å². The van der Waals surface area contributed by atoms with E-state index in [0.29, 0.717) is 5.56 Å². The fourth-order valence-corrected chi connectivity index (χ4v) is 2.05. The summed E-state index contributed by atoms with van der Waals surface area (Å²) in [6.07, 6.45) is 0.122. The van der Waals surface area contributed by atoms with E-state index in [9.17, 15) is 13.2 Å². The van der Waals surface area contributed by atoms with Gasteiger partial charge >= 0.3 is 0 Å². The van der Waals surface area contributed by atoms with Crippen LogP contribution in [0.15, 0.2) is 36.4 Å². The third-order valence-electron chi connectivity index (χ3n) is 2.83. The number of hydrogen-bond donors (Lipinski definition) is 1. The maximum atomic E-state index is 13.5. The van der Waals surface area contributed by atoms with Gasteiger partial charge in [-0.3, -0.25) is 0 Å². The molecular formula is C14H11ClF3N. The Hall–Kier alpha value is -1.52. The molecule has 2 rings (SSSR count). The summed E-state index contributed by atoms with van der Waals surface area (Å²) in [5.41, 5.74) is 6.33. The number of rotatable bonds is 3. The fourth-order valence-electron chi connectivity index (χ4n) is 1.85. The van der Waals surface area contributed by atoms with E-state index in [1.165, 1.54) is 12.1 Å². The lowest BCUT2D eigenvalue weighted by molar-refractivity contribution is 0.560. The Kier molecular flexibility index (Phi) is 4.12. The molecule has 2 aromatic rings. The third kappa shape index (κ3) is 3.08. The van der Waals surface area contributed by atoms with Gasteiger partial charge in [-0.2, -0.15) is 0 Å². The topological polar surface area (TPSA) is 26.0 Å². The average molecular weight is 286 g/mol. The molecule has 0 saturated carbocycles. The van der Waals surface area contributed by atoms with Crippen molar-refractivity contribution in [1.82, 2.24) is 0 Å². The average Bonchev–Trinajstić information content (AvgIpc) is 2.38. The zero-order valence-electron chi connectivity index (χ0n) is 9.84. The lowest BCUT2D eigenvalue weighted by atomic mass is 9.99. The van der Waals surface area contributed by atoms with Crippen molar-refractivity contribution in [2.75, 3.05) is 0 Å². The molecule has 1 nitrogen and oxygen atoms in total. The smallest absolute Gasteiger partial charge is 0.142 e. The van der Waals surface area contributed by atoms with Gasteiger partial charge in [0.1, 0.15) is 17.5 Å². The van der Waals surface area contributed by atoms with Crippen molar-refractivity contribution in [3.05, 3.63) is 70.0 Å². The molecule has 2 aromatic carbocycles. The lowest BCUT2D eigenvalue weighted by Crippen LogP contribution is -2.15. The Morgan fingerprint density at radius 2 is 1.79 bits per heavy atom. The molecule has 0 aromatic heterocycles. The van der Waals surface area contributed by atoms with E-state index >= 15 is 0 Å². The summed E-state index contributed by atoms with van der Waals surface area (Å²) in [6, 6.07) is 6.58. The highest BCUT2D eigenvalue weighted by atomic mass is 35.5. The standard InChI is InChI=1S/C14H11ClF3N/c15-14-8(2-1-3-12(14)18)6-13(19)10-7-9(16)4-5-11(10)17/h1-5,7,13H,6,19H2. The number of halogens is 4. The normalized spacial score (nSPS) is 12.5. The Bertz CT molecular complexity index is 601. The fraction of sp³-hybridized carbons (Fsp3) is 0.143. The number of benzene rings is 2. The molecule has 1 unspecified atom stereocenters. The summed E-state index contributed by atoms with van der Waals surface area (Å²) in [5.74, 6) is -1.73. The van der Waals surface area contributed by atoms with Gasteiger partial charge in [-0.15, -0.1) is 0 Å². The molecule has 1 atom stereocenters. The SMILES string of the molecule is NC(Cc1cccc(F)c1Cl)c1cc(F)ccc1F. The molecule has 5 heteroatoms. The zero-order chi connectivity index (χ0) is 14.0. The first-order valence-corrected chi connectivity index (χ1v) is 6.00. The van der Waals surface area contributed by atoms with Crippen molar-refractivity contribution < 1.29 is 13.2 Å². The van der Waals surface area contributed by atoms with Gasteiger partial charge in [0.2, 0.25) is 0 Å². The van der Waals surface area contributed by atoms with Crippen molar-refractivity contribution >= 4 is 11.6 Å². The summed E-state index contributed by atoms with van der Waals surface area (Å²) >= 11 is 5.80. The van der Waals surface area contributed by atoms with Crippen LogP contribution in [0.25, 0.3) is 0 Å². The molecule has 0 amide bonds. The largest absolute Gasteiger partial charge is 0.324 e. The van der Waals surface area contributed by atoms with Crippen LogP contribution >= 0.6 is 11.6 Å². The van der Waals surface area contributed by atoms with Crippen molar-refractivity contribution in [1.29, 1.82) is 0 Å². The molecule has 0 bridgehead atoms. The van der Waals surface area contributed by atoms with Crippen LogP contribution < -0.4 is 5.73 Å². The van der Waals surface area contributed by atoms with Gasteiger partial charge in [0.25, 0.3) is 0 Å². The predicted octanol–water partition coefficient (Wildman–Crippen LogP) is 4.00. The molecule has 0 aliphatic heterocycles. The van der Waals surface area contributed by atoms with E-state index in [4.69, 9.17) is 17.3 Å². The van der Waals surface area contributed by atoms with E-state index < -0.39 is 23.5 Å². The first kappa shape index (κ1) is 13.9. The van der Waals surface area contributed by atoms with Gasteiger partial charge in [-0.05, 0) is 36.2 Å². The van der Waals surface area contributed by atoms with Gasteiger partial charge in [0, 0.05) is 11.6 Å². The highest BCUT2D eigenvalue weighted by Gasteiger charge is 2.15. The quantitative estimate of drug-likeness (QED) is 0.906. The summed E-state index contributed by atoms with van der Waals surface area (Å²) in [5, 5.41) is -0.0465. The van der Waals surface area contributed by atoms with E-state index in [0.717, 1.165) is 18.2 Å². The molecule has 100 valence electrons. The summed E-state index contributed by atoms with van der Waals surface area (Å²) in [6.45, 7) is 0. The zero-order valence-corrected chi connectivity index (χ0v) is 10.6. The Morgan fingerprint density at radius 3 is 2.53 bits per heavy atom. The molecule has 0 aliphatic rings. The Labute approximate surface area is 113 Å². The van der Waals surface area contributed by atoms with Gasteiger partial charge in [0.15, 0.2) is 0 Å². The van der Waals surface area contributed by atoms with Crippen LogP contribution in [0.3, 0.4) is 0 Å².